The molecule has 1 aromatic carbocycles. The second-order valence-electron chi connectivity index (χ2n) is 11.3. The molecule has 14 heteroatoms. The molecule has 4 amide bonds. The molecule has 14 nitrogen and oxygen atoms in total. The van der Waals surface area contributed by atoms with Gasteiger partial charge < -0.3 is 4.57 Å². The molecule has 2 aromatic heterocycles. The highest BCUT2D eigenvalue weighted by Crippen LogP contribution is 2.29. The SMILES string of the molecule is O=C1C=CC(=O)N1c1ccc(N2C(=O)C=C(c3cn4c(=O)n(c3=O)CCCCCn3c(=O)ccn(c3=O)CCCCC4)C2=O)cc1. The Balaban J connectivity index is 1.27. The van der Waals surface area contributed by atoms with Crippen LogP contribution in [0.3, 0.4) is 0 Å². The minimum absolute atomic E-state index is 0.0445. The number of benzene rings is 1. The third kappa shape index (κ3) is 5.53. The van der Waals surface area contributed by atoms with Gasteiger partial charge in [0.2, 0.25) is 0 Å². The predicted molar refractivity (Wildman–Crippen MR) is 166 cm³/mol. The van der Waals surface area contributed by atoms with Crippen LogP contribution < -0.4 is 32.3 Å². The molecule has 4 bridgehead atoms. The number of carbonyl (C=O) groups excluding carboxylic acids is 4. The number of hydrogen-bond acceptors (Lipinski definition) is 8. The number of aryl methyl sites for hydroxylation is 2. The molecule has 3 aliphatic heterocycles. The summed E-state index contributed by atoms with van der Waals surface area (Å²) in [6.45, 7) is 0.896. The van der Waals surface area contributed by atoms with Gasteiger partial charge in [-0.3, -0.25) is 42.5 Å². The molecule has 0 fully saturated rings. The molecule has 46 heavy (non-hydrogen) atoms. The first-order valence-corrected chi connectivity index (χ1v) is 15.1. The van der Waals surface area contributed by atoms with Gasteiger partial charge in [-0.05, 0) is 62.8 Å². The summed E-state index contributed by atoms with van der Waals surface area (Å²) < 4.78 is 5.15. The van der Waals surface area contributed by atoms with Gasteiger partial charge in [0.15, 0.2) is 0 Å². The quantitative estimate of drug-likeness (QED) is 0.385. The Morgan fingerprint density at radius 2 is 1.07 bits per heavy atom. The van der Waals surface area contributed by atoms with Gasteiger partial charge in [0.1, 0.15) is 0 Å². The Kier molecular flexibility index (Phi) is 8.17. The van der Waals surface area contributed by atoms with E-state index in [0.29, 0.717) is 45.1 Å². The summed E-state index contributed by atoms with van der Waals surface area (Å²) in [5.41, 5.74) is -1.74. The molecule has 0 atom stereocenters. The molecule has 6 rings (SSSR count). The van der Waals surface area contributed by atoms with Crippen LogP contribution in [0.5, 0.6) is 0 Å². The molecule has 3 aromatic rings. The molecule has 0 saturated heterocycles. The van der Waals surface area contributed by atoms with Crippen molar-refractivity contribution in [3.8, 4) is 0 Å². The molecule has 0 spiro atoms. The van der Waals surface area contributed by atoms with E-state index in [4.69, 9.17) is 0 Å². The number of rotatable bonds is 3. The normalized spacial score (nSPS) is 17.6. The van der Waals surface area contributed by atoms with Gasteiger partial charge in [-0.1, -0.05) is 0 Å². The average Bonchev–Trinajstić information content (AvgIpc) is 3.53. The first-order valence-electron chi connectivity index (χ1n) is 15.1. The number of anilines is 2. The van der Waals surface area contributed by atoms with Crippen LogP contribution in [0.1, 0.15) is 44.1 Å². The topological polar surface area (TPSA) is 163 Å². The Hall–Kier alpha value is -5.66. The number of aromatic nitrogens is 4. The molecule has 0 saturated carbocycles. The highest BCUT2D eigenvalue weighted by Gasteiger charge is 2.35. The van der Waals surface area contributed by atoms with E-state index in [1.54, 1.807) is 0 Å². The van der Waals surface area contributed by atoms with Crippen molar-refractivity contribution in [1.82, 2.24) is 18.3 Å². The molecular formula is C32H30N6O8. The van der Waals surface area contributed by atoms with Gasteiger partial charge >= 0.3 is 11.4 Å². The van der Waals surface area contributed by atoms with Crippen LogP contribution >= 0.6 is 0 Å². The third-order valence-corrected chi connectivity index (χ3v) is 8.33. The van der Waals surface area contributed by atoms with E-state index in [-0.39, 0.29) is 53.4 Å². The van der Waals surface area contributed by atoms with Gasteiger partial charge in [0, 0.05) is 62.9 Å². The van der Waals surface area contributed by atoms with Crippen LogP contribution in [0.25, 0.3) is 5.57 Å². The van der Waals surface area contributed by atoms with Crippen LogP contribution in [0.4, 0.5) is 11.4 Å². The Labute approximate surface area is 260 Å². The van der Waals surface area contributed by atoms with Crippen LogP contribution in [0, 0.1) is 0 Å². The highest BCUT2D eigenvalue weighted by atomic mass is 16.2. The lowest BCUT2D eigenvalue weighted by molar-refractivity contribution is -0.121. The third-order valence-electron chi connectivity index (χ3n) is 8.33. The molecular weight excluding hydrogens is 596 g/mol. The number of hydrogen-bond donors (Lipinski definition) is 0. The van der Waals surface area contributed by atoms with Gasteiger partial charge in [-0.15, -0.1) is 0 Å². The Morgan fingerprint density at radius 3 is 1.72 bits per heavy atom. The van der Waals surface area contributed by atoms with Gasteiger partial charge in [0.05, 0.1) is 22.5 Å². The van der Waals surface area contributed by atoms with E-state index < -0.39 is 34.9 Å². The first kappa shape index (κ1) is 30.4. The summed E-state index contributed by atoms with van der Waals surface area (Å²) in [6, 6.07) is 7.10. The predicted octanol–water partition coefficient (Wildman–Crippen LogP) is 0.774. The fourth-order valence-corrected chi connectivity index (χ4v) is 5.90. The molecule has 3 aliphatic rings. The first-order chi connectivity index (χ1) is 22.2. The average molecular weight is 627 g/mol. The van der Waals surface area contributed by atoms with Crippen LogP contribution in [-0.4, -0.2) is 41.9 Å². The number of amides is 4. The lowest BCUT2D eigenvalue weighted by Gasteiger charge is -2.18. The highest BCUT2D eigenvalue weighted by molar-refractivity contribution is 6.43. The summed E-state index contributed by atoms with van der Waals surface area (Å²) in [6.07, 6.45) is 9.36. The maximum atomic E-state index is 13.7. The van der Waals surface area contributed by atoms with Crippen molar-refractivity contribution in [2.24, 2.45) is 0 Å². The van der Waals surface area contributed by atoms with Gasteiger partial charge in [-0.2, -0.15) is 0 Å². The Morgan fingerprint density at radius 1 is 0.522 bits per heavy atom. The fraction of sp³-hybridized carbons (Fsp3) is 0.312. The monoisotopic (exact) mass is 626 g/mol. The van der Waals surface area contributed by atoms with Crippen LogP contribution in [0.15, 0.2) is 80.1 Å². The smallest absolute Gasteiger partial charge is 0.300 e. The van der Waals surface area contributed by atoms with Crippen molar-refractivity contribution in [2.75, 3.05) is 9.80 Å². The summed E-state index contributed by atoms with van der Waals surface area (Å²) in [7, 11) is 0. The second kappa shape index (κ2) is 12.4. The van der Waals surface area contributed by atoms with Crippen molar-refractivity contribution in [3.05, 3.63) is 108 Å². The van der Waals surface area contributed by atoms with E-state index in [1.807, 2.05) is 0 Å². The Bertz CT molecular complexity index is 2060. The summed E-state index contributed by atoms with van der Waals surface area (Å²) in [5.74, 6) is -2.45. The van der Waals surface area contributed by atoms with Crippen molar-refractivity contribution in [2.45, 2.75) is 64.7 Å². The minimum atomic E-state index is -0.749. The molecule has 0 radical (unpaired) electrons. The zero-order chi connectivity index (χ0) is 32.5. The lowest BCUT2D eigenvalue weighted by atomic mass is 10.1. The van der Waals surface area contributed by atoms with E-state index in [2.05, 4.69) is 0 Å². The van der Waals surface area contributed by atoms with Crippen LogP contribution in [-0.2, 0) is 45.4 Å². The van der Waals surface area contributed by atoms with Gasteiger partial charge in [0.25, 0.3) is 34.7 Å². The lowest BCUT2D eigenvalue weighted by Crippen LogP contribution is -2.42. The minimum Gasteiger partial charge on any atom is -0.300 e. The van der Waals surface area contributed by atoms with Crippen molar-refractivity contribution < 1.29 is 19.2 Å². The van der Waals surface area contributed by atoms with Gasteiger partial charge in [-0.25, -0.2) is 19.4 Å². The zero-order valence-electron chi connectivity index (χ0n) is 24.8. The maximum Gasteiger partial charge on any atom is 0.330 e. The maximum absolute atomic E-state index is 13.7. The van der Waals surface area contributed by atoms with E-state index in [0.717, 1.165) is 32.6 Å². The summed E-state index contributed by atoms with van der Waals surface area (Å²) in [4.78, 5) is 105. The molecule has 0 N–H and O–H groups in total. The van der Waals surface area contributed by atoms with E-state index >= 15 is 0 Å². The fourth-order valence-electron chi connectivity index (χ4n) is 5.90. The van der Waals surface area contributed by atoms with Crippen LogP contribution in [0.2, 0.25) is 0 Å². The summed E-state index contributed by atoms with van der Waals surface area (Å²) in [5, 5.41) is 0. The second-order valence-corrected chi connectivity index (χ2v) is 11.3. The molecule has 5 heterocycles. The largest absolute Gasteiger partial charge is 0.330 e. The molecule has 0 unspecified atom stereocenters. The molecule has 0 aliphatic carbocycles. The molecule has 236 valence electrons. The zero-order valence-corrected chi connectivity index (χ0v) is 24.8. The van der Waals surface area contributed by atoms with E-state index in [1.165, 1.54) is 56.4 Å². The van der Waals surface area contributed by atoms with Crippen molar-refractivity contribution >= 4 is 40.6 Å². The summed E-state index contributed by atoms with van der Waals surface area (Å²) >= 11 is 0. The number of nitrogens with zero attached hydrogens (tertiary/aromatic N) is 6. The van der Waals surface area contributed by atoms with Crippen molar-refractivity contribution in [1.29, 1.82) is 0 Å². The van der Waals surface area contributed by atoms with Crippen molar-refractivity contribution in [3.63, 3.8) is 0 Å². The standard InChI is InChI=1S/C32H30N6O8/c39-25-13-18-33-14-3-1-4-15-34-20-24(29(43)36(32(34)46)17-6-2-5-16-35(25)31(33)45)23-19-28(42)38(30(23)44)22-9-7-21(8-10-22)37-26(40)11-12-27(37)41/h7-13,18-20H,1-6,14-17H2. The number of imide groups is 2. The van der Waals surface area contributed by atoms with E-state index in [9.17, 15) is 38.4 Å². The number of carbonyl (C=O) groups is 4. The number of fused-ring (bicyclic) bond motifs is 4.